The molecule has 4 N–H and O–H groups in total. The van der Waals surface area contributed by atoms with Crippen LogP contribution in [0.5, 0.6) is 0 Å². The number of carbonyl (C=O) groups is 2. The molecule has 0 saturated heterocycles. The Kier molecular flexibility index (Phi) is 6.03. The number of halogens is 2. The number of carboxylic acid groups (broad SMARTS) is 1. The molecule has 0 fully saturated rings. The molecule has 8 heteroatoms. The smallest absolute Gasteiger partial charge is 0.329 e. The minimum atomic E-state index is -1.52. The maximum Gasteiger partial charge on any atom is 0.329 e. The first-order valence-electron chi connectivity index (χ1n) is 6.87. The van der Waals surface area contributed by atoms with Gasteiger partial charge in [0.05, 0.1) is 10.0 Å². The monoisotopic (exact) mass is 368 g/mol. The molecule has 2 aromatic rings. The van der Waals surface area contributed by atoms with Crippen molar-refractivity contribution in [3.8, 4) is 0 Å². The molecule has 6 nitrogen and oxygen atoms in total. The lowest BCUT2D eigenvalue weighted by atomic mass is 10.0. The molecule has 0 aliphatic heterocycles. The molecule has 2 rings (SSSR count). The van der Waals surface area contributed by atoms with Crippen LogP contribution in [0.1, 0.15) is 11.7 Å². The van der Waals surface area contributed by atoms with Crippen molar-refractivity contribution >= 4 is 40.9 Å². The number of aliphatic hydroxyl groups excluding tert-OH is 1. The zero-order chi connectivity index (χ0) is 17.7. The number of aliphatic hydroxyl groups is 1. The molecule has 0 aliphatic rings. The van der Waals surface area contributed by atoms with E-state index < -0.39 is 24.1 Å². The summed E-state index contributed by atoms with van der Waals surface area (Å²) in [5, 5.41) is 24.7. The van der Waals surface area contributed by atoms with Gasteiger partial charge in [-0.25, -0.2) is 9.59 Å². The molecule has 24 heavy (non-hydrogen) atoms. The van der Waals surface area contributed by atoms with Crippen LogP contribution in [0.15, 0.2) is 48.5 Å². The molecule has 0 saturated carbocycles. The standard InChI is InChI=1S/C16H14Cl2N2O4/c17-11-7-6-10(8-12(11)18)19-16(24)20-13(15(22)23)14(21)9-4-2-1-3-5-9/h1-8,13-14,21H,(H,22,23)(H2,19,20,24). The summed E-state index contributed by atoms with van der Waals surface area (Å²) < 4.78 is 0. The normalized spacial score (nSPS) is 13.0. The molecule has 0 heterocycles. The number of carboxylic acids is 1. The Labute approximate surface area is 148 Å². The lowest BCUT2D eigenvalue weighted by Crippen LogP contribution is -2.46. The number of urea groups is 1. The molecule has 2 atom stereocenters. The first-order valence-corrected chi connectivity index (χ1v) is 7.62. The van der Waals surface area contributed by atoms with E-state index in [9.17, 15) is 19.8 Å². The van der Waals surface area contributed by atoms with E-state index in [0.29, 0.717) is 16.3 Å². The number of aliphatic carboxylic acids is 1. The van der Waals surface area contributed by atoms with Crippen molar-refractivity contribution in [2.45, 2.75) is 12.1 Å². The molecule has 0 aromatic heterocycles. The van der Waals surface area contributed by atoms with Crippen LogP contribution < -0.4 is 10.6 Å². The molecule has 2 amide bonds. The third-order valence-corrected chi connectivity index (χ3v) is 3.93. The molecular formula is C16H14Cl2N2O4. The Morgan fingerprint density at radius 1 is 1.00 bits per heavy atom. The summed E-state index contributed by atoms with van der Waals surface area (Å²) in [5.41, 5.74) is 0.708. The third kappa shape index (κ3) is 4.61. The highest BCUT2D eigenvalue weighted by atomic mass is 35.5. The van der Waals surface area contributed by atoms with Crippen LogP contribution in [0.2, 0.25) is 10.0 Å². The van der Waals surface area contributed by atoms with Crippen LogP contribution in [0.3, 0.4) is 0 Å². The van der Waals surface area contributed by atoms with Gasteiger partial charge in [-0.2, -0.15) is 0 Å². The average Bonchev–Trinajstić information content (AvgIpc) is 2.56. The van der Waals surface area contributed by atoms with Gasteiger partial charge >= 0.3 is 12.0 Å². The first-order chi connectivity index (χ1) is 11.4. The largest absolute Gasteiger partial charge is 0.480 e. The van der Waals surface area contributed by atoms with Crippen LogP contribution in [0.4, 0.5) is 10.5 Å². The summed E-state index contributed by atoms with van der Waals surface area (Å²) in [5.74, 6) is -1.37. The second-order valence-electron chi connectivity index (χ2n) is 4.90. The van der Waals surface area contributed by atoms with Crippen LogP contribution in [-0.4, -0.2) is 28.3 Å². The third-order valence-electron chi connectivity index (χ3n) is 3.19. The predicted octanol–water partition coefficient (Wildman–Crippen LogP) is 3.30. The number of anilines is 1. The summed E-state index contributed by atoms with van der Waals surface area (Å²) in [7, 11) is 0. The number of rotatable bonds is 5. The summed E-state index contributed by atoms with van der Waals surface area (Å²) in [6.07, 6.45) is -1.40. The number of hydrogen-bond acceptors (Lipinski definition) is 3. The topological polar surface area (TPSA) is 98.7 Å². The number of carbonyl (C=O) groups excluding carboxylic acids is 1. The molecule has 2 aromatic carbocycles. The van der Waals surface area contributed by atoms with E-state index in [-0.39, 0.29) is 5.02 Å². The summed E-state index contributed by atoms with van der Waals surface area (Å²) >= 11 is 11.6. The quantitative estimate of drug-likeness (QED) is 0.650. The Morgan fingerprint density at radius 2 is 1.67 bits per heavy atom. The van der Waals surface area contributed by atoms with Gasteiger partial charge in [-0.3, -0.25) is 0 Å². The summed E-state index contributed by atoms with van der Waals surface area (Å²) in [6, 6.07) is 10.3. The minimum absolute atomic E-state index is 0.244. The summed E-state index contributed by atoms with van der Waals surface area (Å²) in [4.78, 5) is 23.3. The van der Waals surface area contributed by atoms with Gasteiger partial charge in [0.1, 0.15) is 6.10 Å². The second-order valence-corrected chi connectivity index (χ2v) is 5.71. The molecule has 0 bridgehead atoms. The van der Waals surface area contributed by atoms with Crippen molar-refractivity contribution in [3.63, 3.8) is 0 Å². The zero-order valence-electron chi connectivity index (χ0n) is 12.2. The molecule has 0 radical (unpaired) electrons. The van der Waals surface area contributed by atoms with Gasteiger partial charge < -0.3 is 20.8 Å². The maximum atomic E-state index is 12.0. The van der Waals surface area contributed by atoms with Gasteiger partial charge in [0, 0.05) is 5.69 Å². The Hall–Kier alpha value is -2.28. The van der Waals surface area contributed by atoms with E-state index >= 15 is 0 Å². The van der Waals surface area contributed by atoms with Gasteiger partial charge in [0.15, 0.2) is 6.04 Å². The van der Waals surface area contributed by atoms with Gasteiger partial charge in [0.2, 0.25) is 0 Å². The van der Waals surface area contributed by atoms with Gasteiger partial charge in [-0.05, 0) is 23.8 Å². The van der Waals surface area contributed by atoms with Gasteiger partial charge in [-0.1, -0.05) is 53.5 Å². The fourth-order valence-corrected chi connectivity index (χ4v) is 2.30. The van der Waals surface area contributed by atoms with E-state index in [1.807, 2.05) is 0 Å². The zero-order valence-corrected chi connectivity index (χ0v) is 13.8. The maximum absolute atomic E-state index is 12.0. The number of amides is 2. The lowest BCUT2D eigenvalue weighted by molar-refractivity contribution is -0.142. The Balaban J connectivity index is 2.08. The Morgan fingerprint density at radius 3 is 2.25 bits per heavy atom. The van der Waals surface area contributed by atoms with E-state index in [0.717, 1.165) is 0 Å². The van der Waals surface area contributed by atoms with E-state index in [1.165, 1.54) is 18.2 Å². The van der Waals surface area contributed by atoms with E-state index in [4.69, 9.17) is 23.2 Å². The molecule has 0 aliphatic carbocycles. The predicted molar refractivity (Wildman–Crippen MR) is 91.4 cm³/mol. The number of hydrogen-bond donors (Lipinski definition) is 4. The van der Waals surface area contributed by atoms with Gasteiger partial charge in [-0.15, -0.1) is 0 Å². The molecular weight excluding hydrogens is 355 g/mol. The van der Waals surface area contributed by atoms with Crippen LogP contribution >= 0.6 is 23.2 Å². The number of benzene rings is 2. The molecule has 126 valence electrons. The highest BCUT2D eigenvalue weighted by Gasteiger charge is 2.29. The van der Waals surface area contributed by atoms with Crippen molar-refractivity contribution in [2.24, 2.45) is 0 Å². The average molecular weight is 369 g/mol. The van der Waals surface area contributed by atoms with Crippen LogP contribution in [-0.2, 0) is 4.79 Å². The van der Waals surface area contributed by atoms with Crippen molar-refractivity contribution in [3.05, 3.63) is 64.1 Å². The fourth-order valence-electron chi connectivity index (χ4n) is 2.00. The lowest BCUT2D eigenvalue weighted by Gasteiger charge is -2.21. The van der Waals surface area contributed by atoms with E-state index in [1.54, 1.807) is 30.3 Å². The number of nitrogens with one attached hydrogen (secondary N) is 2. The van der Waals surface area contributed by atoms with Crippen LogP contribution in [0.25, 0.3) is 0 Å². The summed E-state index contributed by atoms with van der Waals surface area (Å²) in [6.45, 7) is 0. The van der Waals surface area contributed by atoms with Crippen molar-refractivity contribution in [2.75, 3.05) is 5.32 Å². The molecule has 2 unspecified atom stereocenters. The highest BCUT2D eigenvalue weighted by molar-refractivity contribution is 6.42. The van der Waals surface area contributed by atoms with Crippen LogP contribution in [0, 0.1) is 0 Å². The van der Waals surface area contributed by atoms with Crippen molar-refractivity contribution in [1.29, 1.82) is 0 Å². The minimum Gasteiger partial charge on any atom is -0.480 e. The van der Waals surface area contributed by atoms with Crippen molar-refractivity contribution in [1.82, 2.24) is 5.32 Å². The highest BCUT2D eigenvalue weighted by Crippen LogP contribution is 2.25. The Bertz CT molecular complexity index is 740. The second kappa shape index (κ2) is 8.01. The van der Waals surface area contributed by atoms with E-state index in [2.05, 4.69) is 10.6 Å². The SMILES string of the molecule is O=C(Nc1ccc(Cl)c(Cl)c1)NC(C(=O)O)C(O)c1ccccc1. The first kappa shape index (κ1) is 18.1. The van der Waals surface area contributed by atoms with Crippen molar-refractivity contribution < 1.29 is 19.8 Å². The van der Waals surface area contributed by atoms with Gasteiger partial charge in [0.25, 0.3) is 0 Å². The molecule has 0 spiro atoms. The fraction of sp³-hybridized carbons (Fsp3) is 0.125.